The molecule has 1 aliphatic rings. The van der Waals surface area contributed by atoms with E-state index in [9.17, 15) is 4.79 Å². The van der Waals surface area contributed by atoms with Crippen LogP contribution in [0.5, 0.6) is 5.75 Å². The van der Waals surface area contributed by atoms with Crippen molar-refractivity contribution in [2.24, 2.45) is 4.99 Å². The van der Waals surface area contributed by atoms with Crippen molar-refractivity contribution in [2.75, 3.05) is 20.2 Å². The average Bonchev–Trinajstić information content (AvgIpc) is 2.74. The number of aliphatic imine (C=N–C) groups is 1. The van der Waals surface area contributed by atoms with Gasteiger partial charge in [0.1, 0.15) is 5.75 Å². The Bertz CT molecular complexity index is 636. The molecule has 1 saturated heterocycles. The van der Waals surface area contributed by atoms with E-state index >= 15 is 0 Å². The van der Waals surface area contributed by atoms with E-state index in [2.05, 4.69) is 50.2 Å². The van der Waals surface area contributed by atoms with Crippen molar-refractivity contribution < 1.29 is 9.53 Å². The van der Waals surface area contributed by atoms with Crippen LogP contribution in [0.2, 0.25) is 0 Å². The number of amidine groups is 1. The monoisotopic (exact) mass is 542 g/mol. The Morgan fingerprint density at radius 2 is 1.95 bits per heavy atom. The number of hydrogen-bond donors (Lipinski definition) is 0. The molecule has 7 heteroatoms. The summed E-state index contributed by atoms with van der Waals surface area (Å²) in [5.74, 6) is 0.901. The average molecular weight is 542 g/mol. The molecule has 0 N–H and O–H groups in total. The van der Waals surface area contributed by atoms with Gasteiger partial charge in [-0.15, -0.1) is 0 Å². The lowest BCUT2D eigenvalue weighted by molar-refractivity contribution is -0.122. The topological polar surface area (TPSA) is 41.9 Å². The summed E-state index contributed by atoms with van der Waals surface area (Å²) in [5, 5.41) is 0.791. The summed E-state index contributed by atoms with van der Waals surface area (Å²) in [6, 6.07) is 4.04. The second-order valence-electron chi connectivity index (χ2n) is 4.43. The summed E-state index contributed by atoms with van der Waals surface area (Å²) >= 11 is 5.94. The van der Waals surface area contributed by atoms with E-state index in [0.717, 1.165) is 23.6 Å². The van der Waals surface area contributed by atoms with Crippen LogP contribution >= 0.6 is 56.9 Å². The zero-order valence-corrected chi connectivity index (χ0v) is 17.7. The van der Waals surface area contributed by atoms with Crippen LogP contribution in [-0.4, -0.2) is 36.2 Å². The molecule has 1 fully saturated rings. The molecule has 118 valence electrons. The fourth-order valence-electron chi connectivity index (χ4n) is 2.05. The number of ether oxygens (including phenoxy) is 1. The van der Waals surface area contributed by atoms with Crippen molar-refractivity contribution in [1.82, 2.24) is 4.90 Å². The first kappa shape index (κ1) is 18.1. The van der Waals surface area contributed by atoms with Crippen molar-refractivity contribution in [1.29, 1.82) is 0 Å². The van der Waals surface area contributed by atoms with Gasteiger partial charge in [0.2, 0.25) is 0 Å². The fraction of sp³-hybridized carbons (Fsp3) is 0.333. The van der Waals surface area contributed by atoms with E-state index < -0.39 is 0 Å². The number of hydrogen-bond acceptors (Lipinski definition) is 4. The molecule has 4 nitrogen and oxygen atoms in total. The lowest BCUT2D eigenvalue weighted by atomic mass is 10.2. The van der Waals surface area contributed by atoms with Gasteiger partial charge in [0.05, 0.1) is 19.2 Å². The maximum Gasteiger partial charge on any atom is 0.266 e. The number of rotatable bonds is 4. The van der Waals surface area contributed by atoms with E-state index in [0.29, 0.717) is 18.0 Å². The van der Waals surface area contributed by atoms with Crippen molar-refractivity contribution in [3.8, 4) is 5.75 Å². The molecule has 0 radical (unpaired) electrons. The molecule has 22 heavy (non-hydrogen) atoms. The Kier molecular flexibility index (Phi) is 6.57. The van der Waals surface area contributed by atoms with Gasteiger partial charge < -0.3 is 4.74 Å². The maximum atomic E-state index is 12.4. The molecule has 1 amide bonds. The zero-order chi connectivity index (χ0) is 16.3. The smallest absolute Gasteiger partial charge is 0.266 e. The molecular formula is C15H16I2N2O2S. The highest BCUT2D eigenvalue weighted by Crippen LogP contribution is 2.34. The molecule has 0 unspecified atom stereocenters. The van der Waals surface area contributed by atoms with Gasteiger partial charge in [-0.05, 0) is 94.6 Å². The Hall–Kier alpha value is -0.290. The van der Waals surface area contributed by atoms with Crippen molar-refractivity contribution >= 4 is 74.1 Å². The molecule has 1 aromatic rings. The lowest BCUT2D eigenvalue weighted by Crippen LogP contribution is -2.28. The SMILES string of the molecule is CCN=C1S/C(=C/c2cc(I)c(OC)c(I)c2)C(=O)N1CC. The first-order chi connectivity index (χ1) is 10.5. The van der Waals surface area contributed by atoms with Gasteiger partial charge in [-0.2, -0.15) is 0 Å². The highest BCUT2D eigenvalue weighted by molar-refractivity contribution is 14.1. The van der Waals surface area contributed by atoms with E-state index in [1.807, 2.05) is 32.1 Å². The van der Waals surface area contributed by atoms with Gasteiger partial charge >= 0.3 is 0 Å². The van der Waals surface area contributed by atoms with Crippen LogP contribution in [0.3, 0.4) is 0 Å². The van der Waals surface area contributed by atoms with E-state index in [4.69, 9.17) is 4.74 Å². The number of carbonyl (C=O) groups excluding carboxylic acids is 1. The minimum absolute atomic E-state index is 0.0283. The van der Waals surface area contributed by atoms with Crippen LogP contribution in [0.4, 0.5) is 0 Å². The number of nitrogens with zero attached hydrogens (tertiary/aromatic N) is 2. The minimum Gasteiger partial charge on any atom is -0.495 e. The molecule has 0 bridgehead atoms. The number of carbonyl (C=O) groups is 1. The number of likely N-dealkylation sites (N-methyl/N-ethyl adjacent to an activating group) is 1. The van der Waals surface area contributed by atoms with Gasteiger partial charge in [0.15, 0.2) is 5.17 Å². The second-order valence-corrected chi connectivity index (χ2v) is 7.77. The molecule has 1 aliphatic heterocycles. The van der Waals surface area contributed by atoms with Crippen LogP contribution in [0.15, 0.2) is 22.0 Å². The highest BCUT2D eigenvalue weighted by atomic mass is 127. The van der Waals surface area contributed by atoms with Crippen molar-refractivity contribution in [3.05, 3.63) is 29.7 Å². The molecule has 0 aromatic heterocycles. The van der Waals surface area contributed by atoms with Crippen LogP contribution in [0, 0.1) is 7.14 Å². The first-order valence-corrected chi connectivity index (χ1v) is 9.78. The molecule has 1 heterocycles. The standard InChI is InChI=1S/C15H16I2N2O2S/c1-4-18-15-19(5-2)14(20)12(22-15)8-9-6-10(16)13(21-3)11(17)7-9/h6-8H,4-5H2,1-3H3/b12-8+,18-15?. The largest absolute Gasteiger partial charge is 0.495 e. The quantitative estimate of drug-likeness (QED) is 0.423. The van der Waals surface area contributed by atoms with Crippen LogP contribution < -0.4 is 4.74 Å². The van der Waals surface area contributed by atoms with E-state index in [-0.39, 0.29) is 5.91 Å². The Morgan fingerprint density at radius 3 is 2.45 bits per heavy atom. The summed E-state index contributed by atoms with van der Waals surface area (Å²) in [4.78, 5) is 19.3. The van der Waals surface area contributed by atoms with Gasteiger partial charge in [0, 0.05) is 13.1 Å². The summed E-state index contributed by atoms with van der Waals surface area (Å²) in [5.41, 5.74) is 0.999. The summed E-state index contributed by atoms with van der Waals surface area (Å²) in [7, 11) is 1.67. The van der Waals surface area contributed by atoms with Gasteiger partial charge in [0.25, 0.3) is 5.91 Å². The van der Waals surface area contributed by atoms with Gasteiger partial charge in [-0.25, -0.2) is 0 Å². The Morgan fingerprint density at radius 1 is 1.32 bits per heavy atom. The Balaban J connectivity index is 2.38. The minimum atomic E-state index is 0.0283. The molecule has 0 atom stereocenters. The third-order valence-electron chi connectivity index (χ3n) is 3.02. The molecule has 2 rings (SSSR count). The number of methoxy groups -OCH3 is 1. The summed E-state index contributed by atoms with van der Waals surface area (Å²) < 4.78 is 7.43. The Labute approximate surface area is 162 Å². The zero-order valence-electron chi connectivity index (χ0n) is 12.5. The fourth-order valence-corrected chi connectivity index (χ4v) is 5.41. The number of halogens is 2. The molecule has 0 aliphatic carbocycles. The van der Waals surface area contributed by atoms with Gasteiger partial charge in [-0.3, -0.25) is 14.7 Å². The van der Waals surface area contributed by atoms with Crippen molar-refractivity contribution in [2.45, 2.75) is 13.8 Å². The highest BCUT2D eigenvalue weighted by Gasteiger charge is 2.31. The molecule has 0 spiro atoms. The third-order valence-corrected chi connectivity index (χ3v) is 5.67. The van der Waals surface area contributed by atoms with Gasteiger partial charge in [-0.1, -0.05) is 0 Å². The number of benzene rings is 1. The molecule has 0 saturated carbocycles. The van der Waals surface area contributed by atoms with Crippen molar-refractivity contribution in [3.63, 3.8) is 0 Å². The predicted octanol–water partition coefficient (Wildman–Crippen LogP) is 4.22. The van der Waals surface area contributed by atoms with Crippen LogP contribution in [0.25, 0.3) is 6.08 Å². The third kappa shape index (κ3) is 3.78. The maximum absolute atomic E-state index is 12.4. The summed E-state index contributed by atoms with van der Waals surface area (Å²) in [6.07, 6.45) is 1.93. The summed E-state index contributed by atoms with van der Waals surface area (Å²) in [6.45, 7) is 5.25. The molecular weight excluding hydrogens is 526 g/mol. The second kappa shape index (κ2) is 8.00. The molecule has 1 aromatic carbocycles. The number of thioether (sulfide) groups is 1. The van der Waals surface area contributed by atoms with E-state index in [1.54, 1.807) is 12.0 Å². The predicted molar refractivity (Wildman–Crippen MR) is 109 cm³/mol. The van der Waals surface area contributed by atoms with Crippen LogP contribution in [-0.2, 0) is 4.79 Å². The lowest BCUT2D eigenvalue weighted by Gasteiger charge is -2.11. The first-order valence-electron chi connectivity index (χ1n) is 6.80. The normalized spacial score (nSPS) is 18.6. The number of amides is 1. The van der Waals surface area contributed by atoms with E-state index in [1.165, 1.54) is 11.8 Å². The van der Waals surface area contributed by atoms with Crippen LogP contribution in [0.1, 0.15) is 19.4 Å².